The van der Waals surface area contributed by atoms with Crippen LogP contribution in [0.2, 0.25) is 10.1 Å². The van der Waals surface area contributed by atoms with Crippen molar-refractivity contribution in [2.24, 2.45) is 0 Å². The van der Waals surface area contributed by atoms with E-state index in [2.05, 4.69) is 53.7 Å². The van der Waals surface area contributed by atoms with Gasteiger partial charge < -0.3 is 4.80 Å². The van der Waals surface area contributed by atoms with E-state index in [1.807, 2.05) is 18.2 Å². The van der Waals surface area contributed by atoms with E-state index in [0.29, 0.717) is 0 Å². The van der Waals surface area contributed by atoms with Gasteiger partial charge in [-0.3, -0.25) is 0 Å². The van der Waals surface area contributed by atoms with Gasteiger partial charge in [0.25, 0.3) is 0 Å². The highest BCUT2D eigenvalue weighted by Crippen LogP contribution is 2.48. The summed E-state index contributed by atoms with van der Waals surface area (Å²) in [7, 11) is -2.53. The Hall–Kier alpha value is -0.603. The maximum Gasteiger partial charge on any atom is 0.230 e. The normalized spacial score (nSPS) is 13.9. The third-order valence-electron chi connectivity index (χ3n) is 3.36. The summed E-state index contributed by atoms with van der Waals surface area (Å²) < 4.78 is 0. The zero-order chi connectivity index (χ0) is 12.6. The first-order valence-corrected chi connectivity index (χ1v) is 7.83. The first-order valence-electron chi connectivity index (χ1n) is 5.88. The number of hydrogen-bond donors (Lipinski definition) is 1. The molecule has 0 radical (unpaired) electrons. The van der Waals surface area contributed by atoms with Crippen LogP contribution in [0.1, 0.15) is 41.5 Å². The molecule has 1 aromatic carbocycles. The number of rotatable bonds is 1. The lowest BCUT2D eigenvalue weighted by Gasteiger charge is -2.47. The quantitative estimate of drug-likeness (QED) is 0.741. The molecule has 16 heavy (non-hydrogen) atoms. The lowest BCUT2D eigenvalue weighted by atomic mass is 10.2. The van der Waals surface area contributed by atoms with Gasteiger partial charge in [0.05, 0.1) is 0 Å². The minimum absolute atomic E-state index is 0.0629. The molecule has 0 aliphatic carbocycles. The van der Waals surface area contributed by atoms with E-state index >= 15 is 0 Å². The Morgan fingerprint density at radius 1 is 0.812 bits per heavy atom. The van der Waals surface area contributed by atoms with Crippen molar-refractivity contribution < 1.29 is 4.80 Å². The minimum atomic E-state index is -2.53. The molecule has 1 N–H and O–H groups in total. The van der Waals surface area contributed by atoms with Crippen LogP contribution in [0, 0.1) is 0 Å². The van der Waals surface area contributed by atoms with Gasteiger partial charge in [-0.15, -0.1) is 0 Å². The molecule has 0 amide bonds. The molecule has 1 rings (SSSR count). The number of benzene rings is 1. The average Bonchev–Trinajstić information content (AvgIpc) is 2.14. The Kier molecular flexibility index (Phi) is 3.37. The van der Waals surface area contributed by atoms with Crippen LogP contribution in [-0.4, -0.2) is 13.1 Å². The molecule has 0 unspecified atom stereocenters. The first kappa shape index (κ1) is 13.5. The Morgan fingerprint density at radius 2 is 1.19 bits per heavy atom. The van der Waals surface area contributed by atoms with Crippen LogP contribution in [0.5, 0.6) is 0 Å². The molecular formula is C14H24OSi. The summed E-state index contributed by atoms with van der Waals surface area (Å²) in [5.41, 5.74) is 0. The van der Waals surface area contributed by atoms with Crippen LogP contribution in [0.4, 0.5) is 0 Å². The van der Waals surface area contributed by atoms with Crippen molar-refractivity contribution in [3.63, 3.8) is 0 Å². The van der Waals surface area contributed by atoms with Crippen molar-refractivity contribution in [3.8, 4) is 0 Å². The smallest absolute Gasteiger partial charge is 0.230 e. The SMILES string of the molecule is CC(C)(C)[Si](O)(c1ccccc1)C(C)(C)C. The van der Waals surface area contributed by atoms with Crippen LogP contribution < -0.4 is 5.19 Å². The van der Waals surface area contributed by atoms with Gasteiger partial charge in [0.2, 0.25) is 8.32 Å². The van der Waals surface area contributed by atoms with Crippen LogP contribution in [-0.2, 0) is 0 Å². The summed E-state index contributed by atoms with van der Waals surface area (Å²) in [5.74, 6) is 0. The van der Waals surface area contributed by atoms with Crippen LogP contribution in [0.3, 0.4) is 0 Å². The van der Waals surface area contributed by atoms with Gasteiger partial charge in [0, 0.05) is 0 Å². The second kappa shape index (κ2) is 4.01. The van der Waals surface area contributed by atoms with E-state index in [0.717, 1.165) is 5.19 Å². The van der Waals surface area contributed by atoms with Crippen molar-refractivity contribution in [2.75, 3.05) is 0 Å². The van der Waals surface area contributed by atoms with Crippen molar-refractivity contribution in [2.45, 2.75) is 51.6 Å². The van der Waals surface area contributed by atoms with E-state index < -0.39 is 8.32 Å². The molecular weight excluding hydrogens is 212 g/mol. The molecule has 0 fully saturated rings. The van der Waals surface area contributed by atoms with Crippen LogP contribution >= 0.6 is 0 Å². The molecule has 0 spiro atoms. The summed E-state index contributed by atoms with van der Waals surface area (Å²) >= 11 is 0. The highest BCUT2D eigenvalue weighted by Gasteiger charge is 2.53. The Morgan fingerprint density at radius 3 is 1.50 bits per heavy atom. The molecule has 0 heterocycles. The molecule has 1 aromatic rings. The zero-order valence-electron chi connectivity index (χ0n) is 11.3. The molecule has 0 saturated heterocycles. The Labute approximate surface area is 101 Å². The Bertz CT molecular complexity index is 329. The van der Waals surface area contributed by atoms with E-state index in [4.69, 9.17) is 0 Å². The maximum atomic E-state index is 11.3. The van der Waals surface area contributed by atoms with Gasteiger partial charge in [0.15, 0.2) is 0 Å². The van der Waals surface area contributed by atoms with Crippen molar-refractivity contribution in [3.05, 3.63) is 30.3 Å². The van der Waals surface area contributed by atoms with E-state index in [1.54, 1.807) is 0 Å². The predicted octanol–water partition coefficient (Wildman–Crippen LogP) is 3.43. The molecule has 0 atom stereocenters. The number of hydrogen-bond acceptors (Lipinski definition) is 1. The topological polar surface area (TPSA) is 20.2 Å². The van der Waals surface area contributed by atoms with E-state index in [-0.39, 0.29) is 10.1 Å². The van der Waals surface area contributed by atoms with Crippen molar-refractivity contribution >= 4 is 13.5 Å². The highest BCUT2D eigenvalue weighted by molar-refractivity contribution is 6.90. The fraction of sp³-hybridized carbons (Fsp3) is 0.571. The second-order valence-electron chi connectivity index (χ2n) is 6.58. The van der Waals surface area contributed by atoms with Crippen molar-refractivity contribution in [1.29, 1.82) is 0 Å². The van der Waals surface area contributed by atoms with Gasteiger partial charge >= 0.3 is 0 Å². The minimum Gasteiger partial charge on any atom is -0.426 e. The third kappa shape index (κ3) is 2.09. The van der Waals surface area contributed by atoms with Gasteiger partial charge in [-0.05, 0) is 15.3 Å². The molecule has 0 saturated carbocycles. The fourth-order valence-electron chi connectivity index (χ4n) is 2.67. The molecule has 0 aromatic heterocycles. The molecule has 0 aliphatic heterocycles. The molecule has 0 bridgehead atoms. The second-order valence-corrected chi connectivity index (χ2v) is 11.6. The Balaban J connectivity index is 3.39. The lowest BCUT2D eigenvalue weighted by Crippen LogP contribution is -2.61. The summed E-state index contributed by atoms with van der Waals surface area (Å²) in [4.78, 5) is 11.3. The van der Waals surface area contributed by atoms with E-state index in [1.165, 1.54) is 0 Å². The van der Waals surface area contributed by atoms with Crippen molar-refractivity contribution in [1.82, 2.24) is 0 Å². The molecule has 90 valence electrons. The summed E-state index contributed by atoms with van der Waals surface area (Å²) in [5, 5.41) is 1.01. The third-order valence-corrected chi connectivity index (χ3v) is 8.87. The standard InChI is InChI=1S/C14H24OSi/c1-13(2,3)16(15,14(4,5)6)12-10-8-7-9-11-12/h7-11,15H,1-6H3. The van der Waals surface area contributed by atoms with E-state index in [9.17, 15) is 4.80 Å². The maximum absolute atomic E-state index is 11.3. The lowest BCUT2D eigenvalue weighted by molar-refractivity contribution is 0.431. The van der Waals surface area contributed by atoms with Crippen LogP contribution in [0.25, 0.3) is 0 Å². The molecule has 2 heteroatoms. The monoisotopic (exact) mass is 236 g/mol. The average molecular weight is 236 g/mol. The summed E-state index contributed by atoms with van der Waals surface area (Å²) in [6.07, 6.45) is 0. The fourth-order valence-corrected chi connectivity index (χ4v) is 7.33. The molecule has 0 aliphatic rings. The highest BCUT2D eigenvalue weighted by atomic mass is 28.4. The summed E-state index contributed by atoms with van der Waals surface area (Å²) in [6, 6.07) is 10.2. The van der Waals surface area contributed by atoms with Gasteiger partial charge in [-0.25, -0.2) is 0 Å². The van der Waals surface area contributed by atoms with Crippen LogP contribution in [0.15, 0.2) is 30.3 Å². The first-order chi connectivity index (χ1) is 7.11. The predicted molar refractivity (Wildman–Crippen MR) is 73.5 cm³/mol. The largest absolute Gasteiger partial charge is 0.426 e. The molecule has 1 nitrogen and oxygen atoms in total. The summed E-state index contributed by atoms with van der Waals surface area (Å²) in [6.45, 7) is 12.9. The van der Waals surface area contributed by atoms with Gasteiger partial charge in [-0.1, -0.05) is 71.9 Å². The van der Waals surface area contributed by atoms with Gasteiger partial charge in [0.1, 0.15) is 0 Å². The van der Waals surface area contributed by atoms with Gasteiger partial charge in [-0.2, -0.15) is 0 Å². The zero-order valence-corrected chi connectivity index (χ0v) is 12.3.